The number of aromatic nitrogens is 1. The zero-order valence-electron chi connectivity index (χ0n) is 50.6. The lowest BCUT2D eigenvalue weighted by Gasteiger charge is -2.46. The number of carbonyl (C=O) groups excluding carboxylic acids is 2. The van der Waals surface area contributed by atoms with Crippen molar-refractivity contribution >= 4 is 45.5 Å². The van der Waals surface area contributed by atoms with Crippen molar-refractivity contribution in [3.8, 4) is 11.5 Å². The van der Waals surface area contributed by atoms with Crippen molar-refractivity contribution in [1.29, 1.82) is 0 Å². The van der Waals surface area contributed by atoms with Gasteiger partial charge in [-0.1, -0.05) is 19.1 Å². The van der Waals surface area contributed by atoms with E-state index in [4.69, 9.17) is 47.4 Å². The summed E-state index contributed by atoms with van der Waals surface area (Å²) in [7, 11) is 0. The van der Waals surface area contributed by atoms with E-state index in [2.05, 4.69) is 57.9 Å². The Bertz CT molecular complexity index is 2980. The third kappa shape index (κ3) is 20.3. The maximum absolute atomic E-state index is 13.7. The van der Waals surface area contributed by atoms with Gasteiger partial charge in [0.1, 0.15) is 22.9 Å². The van der Waals surface area contributed by atoms with E-state index in [1.807, 2.05) is 29.2 Å². The summed E-state index contributed by atoms with van der Waals surface area (Å²) in [6.07, 6.45) is 2.19. The van der Waals surface area contributed by atoms with Gasteiger partial charge in [-0.3, -0.25) is 29.8 Å². The monoisotopic (exact) mass is 1230 g/mol. The van der Waals surface area contributed by atoms with Gasteiger partial charge in [0.2, 0.25) is 0 Å². The number of rotatable bonds is 40. The number of hydrogen-bond acceptors (Lipinski definition) is 20. The number of non-ortho nitro benzene ring substituents is 1. The first-order valence-electron chi connectivity index (χ1n) is 30.5. The van der Waals surface area contributed by atoms with Crippen LogP contribution >= 0.6 is 0 Å². The van der Waals surface area contributed by atoms with Crippen molar-refractivity contribution in [2.24, 2.45) is 11.8 Å². The van der Waals surface area contributed by atoms with Crippen molar-refractivity contribution in [3.63, 3.8) is 0 Å². The molecule has 0 unspecified atom stereocenters. The molecule has 5 N–H and O–H groups in total. The number of H-pyrrole nitrogens is 1. The van der Waals surface area contributed by atoms with E-state index in [1.165, 1.54) is 28.9 Å². The number of anilines is 2. The Morgan fingerprint density at radius 3 is 1.81 bits per heavy atom. The number of aryl methyl sites for hydroxylation is 1. The Labute approximate surface area is 513 Å². The first-order chi connectivity index (χ1) is 42.9. The van der Waals surface area contributed by atoms with E-state index < -0.39 is 16.0 Å². The number of β-amino-alcohol motifs (C(OH)–C–C–N with tert-alkyl or cyclic N) is 1. The van der Waals surface area contributed by atoms with Gasteiger partial charge in [-0.2, -0.15) is 0 Å². The van der Waals surface area contributed by atoms with Crippen molar-refractivity contribution in [1.82, 2.24) is 20.1 Å². The molecule has 2 amide bonds. The molecule has 8 rings (SSSR count). The number of nitrogens with one attached hydrogen (secondary N) is 4. The van der Waals surface area contributed by atoms with Gasteiger partial charge >= 0.3 is 0 Å². The fourth-order valence-electron chi connectivity index (χ4n) is 11.2. The van der Waals surface area contributed by atoms with Gasteiger partial charge in [-0.05, 0) is 116 Å². The van der Waals surface area contributed by atoms with Crippen LogP contribution in [0.4, 0.5) is 22.7 Å². The van der Waals surface area contributed by atoms with Gasteiger partial charge in [0.25, 0.3) is 23.2 Å². The standard InChI is InChI=1S/C63H86N8O17/c1-46-3-10-54-57(39-46)66-45-63(54)15-20-68(43-47(63)2)44-60(72)48-13-18-69(19-14-48)62(74)58-41-50-40-53(9-12-55(50)67-58)88-52-7-4-49(5-8-52)61(73)65-17-22-80-24-26-82-28-30-84-32-34-86-36-38-87-37-35-85-33-31-83-29-27-81-25-23-79-21-16-64-56-11-6-51(70(75)76)42-59(56)71(77)78/h3-12,39-42,47-48,60,64,66-67,72H,13-38,43-45H2,1-2H3,(H,65,73)/t47-,60-,63+/m1/s1. The molecule has 480 valence electrons. The van der Waals surface area contributed by atoms with Crippen LogP contribution in [0, 0.1) is 39.0 Å². The smallest absolute Gasteiger partial charge is 0.299 e. The van der Waals surface area contributed by atoms with Crippen LogP contribution in [-0.2, 0) is 48.0 Å². The number of aromatic amines is 1. The molecule has 4 heterocycles. The molecule has 2 fully saturated rings. The molecule has 3 aliphatic rings. The third-order valence-electron chi connectivity index (χ3n) is 16.1. The third-order valence-corrected chi connectivity index (χ3v) is 16.1. The molecule has 0 bridgehead atoms. The van der Waals surface area contributed by atoms with Gasteiger partial charge < -0.3 is 83.2 Å². The lowest BCUT2D eigenvalue weighted by atomic mass is 9.67. The van der Waals surface area contributed by atoms with E-state index in [9.17, 15) is 34.9 Å². The predicted molar refractivity (Wildman–Crippen MR) is 329 cm³/mol. The highest BCUT2D eigenvalue weighted by molar-refractivity contribution is 5.98. The number of benzene rings is 4. The molecule has 25 nitrogen and oxygen atoms in total. The molecule has 88 heavy (non-hydrogen) atoms. The topological polar surface area (TPSA) is 291 Å². The molecule has 25 heteroatoms. The molecule has 3 atom stereocenters. The average Bonchev–Trinajstić information content (AvgIpc) is 2.39. The molecule has 5 aromatic rings. The van der Waals surface area contributed by atoms with E-state index in [0.717, 1.165) is 55.9 Å². The van der Waals surface area contributed by atoms with Crippen LogP contribution in [0.15, 0.2) is 84.9 Å². The molecule has 1 aromatic heterocycles. The number of nitro groups is 2. The average molecular weight is 1230 g/mol. The summed E-state index contributed by atoms with van der Waals surface area (Å²) < 4.78 is 55.8. The second-order valence-electron chi connectivity index (χ2n) is 22.1. The number of piperidine rings is 2. The van der Waals surface area contributed by atoms with Crippen LogP contribution in [-0.4, -0.2) is 219 Å². The van der Waals surface area contributed by atoms with Gasteiger partial charge in [-0.15, -0.1) is 0 Å². The van der Waals surface area contributed by atoms with Crippen molar-refractivity contribution in [2.75, 3.05) is 182 Å². The highest BCUT2D eigenvalue weighted by atomic mass is 16.6. The first-order valence-corrected chi connectivity index (χ1v) is 30.5. The maximum Gasteiger partial charge on any atom is 0.299 e. The summed E-state index contributed by atoms with van der Waals surface area (Å²) >= 11 is 0. The molecular weight excluding hydrogens is 1140 g/mol. The zero-order valence-corrected chi connectivity index (χ0v) is 50.6. The van der Waals surface area contributed by atoms with Crippen LogP contribution in [0.1, 0.15) is 58.2 Å². The Morgan fingerprint density at radius 2 is 1.24 bits per heavy atom. The number of aliphatic hydroxyl groups is 1. The second-order valence-corrected chi connectivity index (χ2v) is 22.1. The number of likely N-dealkylation sites (tertiary alicyclic amines) is 2. The van der Waals surface area contributed by atoms with Crippen LogP contribution in [0.5, 0.6) is 11.5 Å². The lowest BCUT2D eigenvalue weighted by molar-refractivity contribution is -0.393. The summed E-state index contributed by atoms with van der Waals surface area (Å²) in [5.41, 5.74) is 5.44. The summed E-state index contributed by atoms with van der Waals surface area (Å²) in [5, 5.41) is 43.7. The molecule has 4 aromatic carbocycles. The maximum atomic E-state index is 13.7. The molecule has 0 radical (unpaired) electrons. The van der Waals surface area contributed by atoms with Crippen LogP contribution in [0.3, 0.4) is 0 Å². The quantitative estimate of drug-likeness (QED) is 0.0150. The Morgan fingerprint density at radius 1 is 0.670 bits per heavy atom. The number of aliphatic hydroxyl groups excluding tert-OH is 1. The fourth-order valence-corrected chi connectivity index (χ4v) is 11.2. The van der Waals surface area contributed by atoms with Crippen molar-refractivity contribution in [3.05, 3.63) is 128 Å². The van der Waals surface area contributed by atoms with E-state index >= 15 is 0 Å². The molecule has 0 saturated carbocycles. The molecular formula is C63H86N8O17. The van der Waals surface area contributed by atoms with Crippen molar-refractivity contribution < 1.29 is 71.9 Å². The van der Waals surface area contributed by atoms with Crippen LogP contribution < -0.4 is 20.7 Å². The number of carbonyl (C=O) groups is 2. The Hall–Kier alpha value is -6.88. The minimum absolute atomic E-state index is 0.0466. The van der Waals surface area contributed by atoms with Gasteiger partial charge in [0, 0.05) is 79.4 Å². The highest BCUT2D eigenvalue weighted by Crippen LogP contribution is 2.47. The van der Waals surface area contributed by atoms with Gasteiger partial charge in [-0.25, -0.2) is 0 Å². The number of fused-ring (bicyclic) bond motifs is 3. The molecule has 2 saturated heterocycles. The summed E-state index contributed by atoms with van der Waals surface area (Å²) in [6, 6.07) is 24.6. The second kappa shape index (κ2) is 35.3. The first kappa shape index (κ1) is 67.1. The molecule has 1 spiro atoms. The largest absolute Gasteiger partial charge is 0.457 e. The van der Waals surface area contributed by atoms with E-state index in [1.54, 1.807) is 24.3 Å². The van der Waals surface area contributed by atoms with Gasteiger partial charge in [0.15, 0.2) is 0 Å². The summed E-state index contributed by atoms with van der Waals surface area (Å²) in [6.45, 7) is 17.0. The Kier molecular flexibility index (Phi) is 26.9. The lowest BCUT2D eigenvalue weighted by Crippen LogP contribution is -2.52. The zero-order chi connectivity index (χ0) is 61.9. The molecule has 0 aliphatic carbocycles. The summed E-state index contributed by atoms with van der Waals surface area (Å²) in [4.78, 5) is 54.8. The fraction of sp³-hybridized carbons (Fsp3) is 0.556. The van der Waals surface area contributed by atoms with Crippen molar-refractivity contribution in [2.45, 2.75) is 44.6 Å². The minimum atomic E-state index is -0.684. The van der Waals surface area contributed by atoms with E-state index in [-0.39, 0.29) is 53.4 Å². The minimum Gasteiger partial charge on any atom is -0.457 e. The number of nitro benzene ring substituents is 2. The number of ether oxygens (including phenoxy) is 10. The van der Waals surface area contributed by atoms with E-state index in [0.29, 0.717) is 167 Å². The number of amides is 2. The molecule has 3 aliphatic heterocycles. The number of hydrogen-bond donors (Lipinski definition) is 5. The van der Waals surface area contributed by atoms with Gasteiger partial charge in [0.05, 0.1) is 141 Å². The number of nitrogens with zero attached hydrogens (tertiary/aromatic N) is 4. The SMILES string of the molecule is Cc1ccc2c(c1)NC[C@]21CCN(C[C@@H](O)C2CCN(C(=O)c3cc4cc(Oc5ccc(C(=O)NCCOCCOCCOCCOCCOCCOCCOCCOCCOCCNc6ccc([N+](=O)[O-])cc6[N+](=O)[O-])cc5)ccc4[nH]3)CC2)C[C@H]1C. The summed E-state index contributed by atoms with van der Waals surface area (Å²) in [5.74, 6) is 1.53. The predicted octanol–water partition coefficient (Wildman–Crippen LogP) is 6.99. The van der Waals surface area contributed by atoms with Crippen LogP contribution in [0.25, 0.3) is 10.9 Å². The van der Waals surface area contributed by atoms with Crippen LogP contribution in [0.2, 0.25) is 0 Å². The normalized spacial score (nSPS) is 17.3. The highest BCUT2D eigenvalue weighted by Gasteiger charge is 2.46. The Balaban J connectivity index is 0.560.